The van der Waals surface area contributed by atoms with E-state index in [1.54, 1.807) is 6.20 Å². The first-order chi connectivity index (χ1) is 12.0. The zero-order chi connectivity index (χ0) is 18.0. The second kappa shape index (κ2) is 7.23. The molecule has 0 bridgehead atoms. The number of carbonyl (C=O) groups is 1. The van der Waals surface area contributed by atoms with Crippen molar-refractivity contribution in [2.75, 3.05) is 45.2 Å². The van der Waals surface area contributed by atoms with Crippen LogP contribution < -0.4 is 4.90 Å². The minimum Gasteiger partial charge on any atom is -0.363 e. The number of hydrogen-bond acceptors (Lipinski definition) is 6. The molecule has 134 valence electrons. The molecule has 1 fully saturated rings. The van der Waals surface area contributed by atoms with Crippen molar-refractivity contribution in [1.29, 1.82) is 0 Å². The van der Waals surface area contributed by atoms with Gasteiger partial charge in [0, 0.05) is 58.6 Å². The van der Waals surface area contributed by atoms with Gasteiger partial charge < -0.3 is 14.3 Å². The van der Waals surface area contributed by atoms with Crippen LogP contribution in [0.5, 0.6) is 0 Å². The molecule has 0 radical (unpaired) electrons. The molecule has 3 heterocycles. The van der Waals surface area contributed by atoms with Crippen LogP contribution in [0.15, 0.2) is 22.9 Å². The highest BCUT2D eigenvalue weighted by Gasteiger charge is 2.23. The number of anilines is 1. The summed E-state index contributed by atoms with van der Waals surface area (Å²) in [7, 11) is 3.87. The van der Waals surface area contributed by atoms with Crippen LogP contribution in [0.25, 0.3) is 0 Å². The predicted molar refractivity (Wildman–Crippen MR) is 95.7 cm³/mol. The highest BCUT2D eigenvalue weighted by Crippen LogP contribution is 2.17. The summed E-state index contributed by atoms with van der Waals surface area (Å²) in [5, 5.41) is 4.01. The van der Waals surface area contributed by atoms with Crippen molar-refractivity contribution in [2.45, 2.75) is 20.4 Å². The second-order valence-electron chi connectivity index (χ2n) is 6.67. The zero-order valence-corrected chi connectivity index (χ0v) is 15.3. The van der Waals surface area contributed by atoms with E-state index in [0.717, 1.165) is 55.6 Å². The normalized spacial score (nSPS) is 15.4. The minimum atomic E-state index is 0.0507. The molecular weight excluding hydrogens is 318 g/mol. The number of amides is 1. The number of piperazine rings is 1. The van der Waals surface area contributed by atoms with Crippen LogP contribution in [0.3, 0.4) is 0 Å². The minimum absolute atomic E-state index is 0.0507. The number of aryl methyl sites for hydroxylation is 2. The lowest BCUT2D eigenvalue weighted by Crippen LogP contribution is -2.48. The van der Waals surface area contributed by atoms with Crippen molar-refractivity contribution in [1.82, 2.24) is 19.9 Å². The van der Waals surface area contributed by atoms with Crippen LogP contribution in [0.2, 0.25) is 0 Å². The van der Waals surface area contributed by atoms with Crippen LogP contribution in [0.4, 0.5) is 5.82 Å². The summed E-state index contributed by atoms with van der Waals surface area (Å²) < 4.78 is 5.23. The van der Waals surface area contributed by atoms with Crippen molar-refractivity contribution >= 4 is 11.7 Å². The molecular formula is C18H25N5O2. The van der Waals surface area contributed by atoms with Crippen LogP contribution >= 0.6 is 0 Å². The van der Waals surface area contributed by atoms with Gasteiger partial charge in [0.05, 0.1) is 11.3 Å². The van der Waals surface area contributed by atoms with E-state index in [-0.39, 0.29) is 5.91 Å². The fourth-order valence-corrected chi connectivity index (χ4v) is 3.02. The molecule has 1 aliphatic heterocycles. The molecule has 0 N–H and O–H groups in total. The quantitative estimate of drug-likeness (QED) is 0.842. The van der Waals surface area contributed by atoms with Gasteiger partial charge in [-0.05, 0) is 26.0 Å². The monoisotopic (exact) mass is 343 g/mol. The molecule has 0 unspecified atom stereocenters. The molecule has 0 saturated carbocycles. The van der Waals surface area contributed by atoms with E-state index in [9.17, 15) is 4.79 Å². The maximum atomic E-state index is 12.6. The lowest BCUT2D eigenvalue weighted by Gasteiger charge is -2.34. The van der Waals surface area contributed by atoms with E-state index in [1.165, 1.54) is 0 Å². The smallest absolute Gasteiger partial charge is 0.255 e. The van der Waals surface area contributed by atoms with Crippen molar-refractivity contribution in [3.63, 3.8) is 0 Å². The Morgan fingerprint density at radius 1 is 1.20 bits per heavy atom. The van der Waals surface area contributed by atoms with E-state index >= 15 is 0 Å². The third-order valence-corrected chi connectivity index (χ3v) is 4.68. The first kappa shape index (κ1) is 17.4. The Hall–Kier alpha value is -2.41. The summed E-state index contributed by atoms with van der Waals surface area (Å²) in [6, 6.07) is 3.72. The first-order valence-electron chi connectivity index (χ1n) is 8.52. The van der Waals surface area contributed by atoms with Crippen LogP contribution in [0.1, 0.15) is 27.4 Å². The summed E-state index contributed by atoms with van der Waals surface area (Å²) >= 11 is 0. The number of nitrogens with zero attached hydrogens (tertiary/aromatic N) is 5. The third kappa shape index (κ3) is 3.82. The van der Waals surface area contributed by atoms with Gasteiger partial charge in [-0.15, -0.1) is 0 Å². The summed E-state index contributed by atoms with van der Waals surface area (Å²) in [5.41, 5.74) is 2.75. The third-order valence-electron chi connectivity index (χ3n) is 4.68. The van der Waals surface area contributed by atoms with E-state index < -0.39 is 0 Å². The molecule has 7 nitrogen and oxygen atoms in total. The molecule has 0 aromatic carbocycles. The van der Waals surface area contributed by atoms with Crippen molar-refractivity contribution in [2.24, 2.45) is 0 Å². The van der Waals surface area contributed by atoms with E-state index in [4.69, 9.17) is 4.52 Å². The van der Waals surface area contributed by atoms with Crippen molar-refractivity contribution < 1.29 is 9.32 Å². The Morgan fingerprint density at radius 2 is 1.92 bits per heavy atom. The highest BCUT2D eigenvalue weighted by atomic mass is 16.5. The standard InChI is InChI=1S/C18H25N5O2/c1-13-16(14(2)25-20-13)12-22-7-9-23(10-8-22)18(24)15-5-6-17(19-11-15)21(3)4/h5-6,11H,7-10,12H2,1-4H3. The number of carbonyl (C=O) groups excluding carboxylic acids is 1. The number of hydrogen-bond donors (Lipinski definition) is 0. The van der Waals surface area contributed by atoms with Crippen LogP contribution in [-0.4, -0.2) is 66.1 Å². The lowest BCUT2D eigenvalue weighted by molar-refractivity contribution is 0.0627. The predicted octanol–water partition coefficient (Wildman–Crippen LogP) is 1.71. The molecule has 1 amide bonds. The lowest BCUT2D eigenvalue weighted by atomic mass is 10.1. The largest absolute Gasteiger partial charge is 0.363 e. The maximum Gasteiger partial charge on any atom is 0.255 e. The SMILES string of the molecule is Cc1noc(C)c1CN1CCN(C(=O)c2ccc(N(C)C)nc2)CC1. The molecule has 0 spiro atoms. The molecule has 0 aliphatic carbocycles. The van der Waals surface area contributed by atoms with Gasteiger partial charge in [-0.3, -0.25) is 9.69 Å². The van der Waals surface area contributed by atoms with Gasteiger partial charge in [0.15, 0.2) is 0 Å². The van der Waals surface area contributed by atoms with Gasteiger partial charge in [0.25, 0.3) is 5.91 Å². The Morgan fingerprint density at radius 3 is 2.44 bits per heavy atom. The van der Waals surface area contributed by atoms with Crippen LogP contribution in [-0.2, 0) is 6.54 Å². The van der Waals surface area contributed by atoms with E-state index in [2.05, 4.69) is 15.0 Å². The van der Waals surface area contributed by atoms with E-state index in [0.29, 0.717) is 5.56 Å². The van der Waals surface area contributed by atoms with Crippen molar-refractivity contribution in [3.8, 4) is 0 Å². The summed E-state index contributed by atoms with van der Waals surface area (Å²) in [5.74, 6) is 1.78. The number of rotatable bonds is 4. The second-order valence-corrected chi connectivity index (χ2v) is 6.67. The Balaban J connectivity index is 1.57. The van der Waals surface area contributed by atoms with Gasteiger partial charge >= 0.3 is 0 Å². The molecule has 2 aromatic heterocycles. The molecule has 7 heteroatoms. The molecule has 1 saturated heterocycles. The Bertz CT molecular complexity index is 711. The van der Waals surface area contributed by atoms with Crippen molar-refractivity contribution in [3.05, 3.63) is 40.9 Å². The first-order valence-corrected chi connectivity index (χ1v) is 8.52. The van der Waals surface area contributed by atoms with Gasteiger partial charge in [-0.25, -0.2) is 4.98 Å². The molecule has 0 atom stereocenters. The molecule has 3 rings (SSSR count). The fraction of sp³-hybridized carbons (Fsp3) is 0.500. The molecule has 1 aliphatic rings. The topological polar surface area (TPSA) is 65.7 Å². The summed E-state index contributed by atoms with van der Waals surface area (Å²) in [4.78, 5) is 23.1. The maximum absolute atomic E-state index is 12.6. The number of pyridine rings is 1. The summed E-state index contributed by atoms with van der Waals surface area (Å²) in [6.45, 7) is 7.87. The molecule has 25 heavy (non-hydrogen) atoms. The van der Waals surface area contributed by atoms with Gasteiger partial charge in [-0.1, -0.05) is 5.16 Å². The van der Waals surface area contributed by atoms with Gasteiger partial charge in [0.1, 0.15) is 11.6 Å². The molecule has 2 aromatic rings. The van der Waals surface area contributed by atoms with Gasteiger partial charge in [0.2, 0.25) is 0 Å². The summed E-state index contributed by atoms with van der Waals surface area (Å²) in [6.07, 6.45) is 1.66. The Labute approximate surface area is 148 Å². The fourth-order valence-electron chi connectivity index (χ4n) is 3.02. The Kier molecular flexibility index (Phi) is 5.03. The average Bonchev–Trinajstić information content (AvgIpc) is 2.94. The zero-order valence-electron chi connectivity index (χ0n) is 15.3. The average molecular weight is 343 g/mol. The van der Waals surface area contributed by atoms with Crippen LogP contribution in [0, 0.1) is 13.8 Å². The van der Waals surface area contributed by atoms with E-state index in [1.807, 2.05) is 49.9 Å². The van der Waals surface area contributed by atoms with Gasteiger partial charge in [-0.2, -0.15) is 0 Å². The highest BCUT2D eigenvalue weighted by molar-refractivity contribution is 5.94. The number of aromatic nitrogens is 2.